The molecule has 2 heterocycles. The van der Waals surface area contributed by atoms with Crippen molar-refractivity contribution in [1.29, 1.82) is 0 Å². The zero-order valence-corrected chi connectivity index (χ0v) is 15.9. The van der Waals surface area contributed by atoms with E-state index in [1.54, 1.807) is 7.11 Å². The van der Waals surface area contributed by atoms with Crippen molar-refractivity contribution in [3.05, 3.63) is 35.9 Å². The van der Waals surface area contributed by atoms with Gasteiger partial charge in [0.25, 0.3) is 5.91 Å². The number of rotatable bonds is 7. The van der Waals surface area contributed by atoms with Crippen LogP contribution in [0.2, 0.25) is 0 Å². The molecule has 1 aromatic carbocycles. The van der Waals surface area contributed by atoms with Gasteiger partial charge in [-0.15, -0.1) is 0 Å². The van der Waals surface area contributed by atoms with Crippen molar-refractivity contribution in [2.75, 3.05) is 59.5 Å². The van der Waals surface area contributed by atoms with E-state index in [1.807, 2.05) is 0 Å². The van der Waals surface area contributed by atoms with Crippen LogP contribution in [-0.4, -0.2) is 80.8 Å². The molecule has 2 fully saturated rings. The van der Waals surface area contributed by atoms with Gasteiger partial charge in [-0.2, -0.15) is 0 Å². The summed E-state index contributed by atoms with van der Waals surface area (Å²) in [6, 6.07) is 10.6. The first kappa shape index (κ1) is 19.3. The molecule has 2 N–H and O–H groups in total. The molecule has 0 saturated carbocycles. The topological polar surface area (TPSA) is 56.8 Å². The Kier molecular flexibility index (Phi) is 7.02. The largest absolute Gasteiger partial charge is 0.368 e. The number of piperazine rings is 1. The molecule has 3 rings (SSSR count). The Morgan fingerprint density at radius 2 is 1.77 bits per heavy atom. The van der Waals surface area contributed by atoms with Crippen LogP contribution in [-0.2, 0) is 16.1 Å². The Morgan fingerprint density at radius 3 is 2.42 bits per heavy atom. The molecule has 0 aliphatic carbocycles. The molecular formula is C20H32N4O2. The van der Waals surface area contributed by atoms with Gasteiger partial charge in [0.05, 0.1) is 0 Å². The molecule has 0 unspecified atom stereocenters. The second-order valence-corrected chi connectivity index (χ2v) is 7.31. The number of ether oxygens (including phenoxy) is 1. The highest BCUT2D eigenvalue weighted by Crippen LogP contribution is 2.22. The maximum Gasteiger partial charge on any atom is 0.252 e. The van der Waals surface area contributed by atoms with Crippen molar-refractivity contribution in [2.24, 2.45) is 0 Å². The molecule has 6 heteroatoms. The molecular weight excluding hydrogens is 328 g/mol. The van der Waals surface area contributed by atoms with Gasteiger partial charge in [0.2, 0.25) is 0 Å². The molecule has 6 nitrogen and oxygen atoms in total. The monoisotopic (exact) mass is 360 g/mol. The van der Waals surface area contributed by atoms with Crippen molar-refractivity contribution in [3.8, 4) is 0 Å². The fourth-order valence-corrected chi connectivity index (χ4v) is 3.86. The normalized spacial score (nSPS) is 21.4. The van der Waals surface area contributed by atoms with Crippen LogP contribution in [0.1, 0.15) is 18.4 Å². The predicted molar refractivity (Wildman–Crippen MR) is 103 cm³/mol. The van der Waals surface area contributed by atoms with Crippen LogP contribution in [0.4, 0.5) is 0 Å². The average Bonchev–Trinajstić information content (AvgIpc) is 2.70. The van der Waals surface area contributed by atoms with Crippen LogP contribution >= 0.6 is 0 Å². The van der Waals surface area contributed by atoms with Crippen LogP contribution in [0.15, 0.2) is 30.3 Å². The van der Waals surface area contributed by atoms with E-state index in [1.165, 1.54) is 5.56 Å². The van der Waals surface area contributed by atoms with Crippen molar-refractivity contribution in [3.63, 3.8) is 0 Å². The Morgan fingerprint density at radius 1 is 1.12 bits per heavy atom. The number of amides is 1. The number of methoxy groups -OCH3 is 1. The average molecular weight is 361 g/mol. The lowest BCUT2D eigenvalue weighted by atomic mass is 9.91. The van der Waals surface area contributed by atoms with Crippen molar-refractivity contribution < 1.29 is 9.53 Å². The summed E-state index contributed by atoms with van der Waals surface area (Å²) in [5.41, 5.74) is 0.736. The van der Waals surface area contributed by atoms with Crippen LogP contribution in [0.5, 0.6) is 0 Å². The molecule has 1 amide bonds. The van der Waals surface area contributed by atoms with Crippen LogP contribution in [0.3, 0.4) is 0 Å². The highest BCUT2D eigenvalue weighted by Gasteiger charge is 2.39. The van der Waals surface area contributed by atoms with Crippen molar-refractivity contribution >= 4 is 5.91 Å². The van der Waals surface area contributed by atoms with Gasteiger partial charge < -0.3 is 15.4 Å². The van der Waals surface area contributed by atoms with Gasteiger partial charge in [0.15, 0.2) is 0 Å². The zero-order valence-electron chi connectivity index (χ0n) is 15.9. The molecule has 0 atom stereocenters. The molecule has 0 radical (unpaired) electrons. The van der Waals surface area contributed by atoms with Crippen LogP contribution in [0, 0.1) is 0 Å². The van der Waals surface area contributed by atoms with Crippen LogP contribution in [0.25, 0.3) is 0 Å². The van der Waals surface area contributed by atoms with E-state index >= 15 is 0 Å². The number of hydrogen-bond acceptors (Lipinski definition) is 5. The first-order valence-electron chi connectivity index (χ1n) is 9.75. The number of carbonyl (C=O) groups is 1. The van der Waals surface area contributed by atoms with Crippen molar-refractivity contribution in [2.45, 2.75) is 25.0 Å². The number of benzene rings is 1. The van der Waals surface area contributed by atoms with E-state index in [-0.39, 0.29) is 5.91 Å². The lowest BCUT2D eigenvalue weighted by Gasteiger charge is -2.36. The third-order valence-electron chi connectivity index (χ3n) is 5.64. The summed E-state index contributed by atoms with van der Waals surface area (Å²) in [6.07, 6.45) is 1.49. The highest BCUT2D eigenvalue weighted by molar-refractivity contribution is 5.85. The Bertz CT molecular complexity index is 552. The Labute approximate surface area is 156 Å². The number of carbonyl (C=O) groups excluding carboxylic acids is 1. The summed E-state index contributed by atoms with van der Waals surface area (Å²) >= 11 is 0. The van der Waals surface area contributed by atoms with Gasteiger partial charge >= 0.3 is 0 Å². The number of nitrogens with zero attached hydrogens (tertiary/aromatic N) is 2. The van der Waals surface area contributed by atoms with Gasteiger partial charge in [0, 0.05) is 52.9 Å². The summed E-state index contributed by atoms with van der Waals surface area (Å²) in [5, 5.41) is 6.38. The number of hydrogen-bond donors (Lipinski definition) is 2. The number of piperidine rings is 1. The van der Waals surface area contributed by atoms with E-state index < -0.39 is 5.60 Å². The first-order valence-corrected chi connectivity index (χ1v) is 9.75. The van der Waals surface area contributed by atoms with Gasteiger partial charge in [0.1, 0.15) is 5.60 Å². The number of nitrogens with one attached hydrogen (secondary N) is 2. The predicted octanol–water partition coefficient (Wildman–Crippen LogP) is 0.689. The highest BCUT2D eigenvalue weighted by atomic mass is 16.5. The molecule has 0 aromatic heterocycles. The third kappa shape index (κ3) is 5.04. The lowest BCUT2D eigenvalue weighted by molar-refractivity contribution is -0.146. The minimum Gasteiger partial charge on any atom is -0.368 e. The maximum atomic E-state index is 12.6. The zero-order chi connectivity index (χ0) is 18.2. The molecule has 2 aliphatic heterocycles. The van der Waals surface area contributed by atoms with E-state index in [4.69, 9.17) is 4.74 Å². The molecule has 144 valence electrons. The summed E-state index contributed by atoms with van der Waals surface area (Å²) in [6.45, 7) is 8.57. The van der Waals surface area contributed by atoms with E-state index in [2.05, 4.69) is 50.8 Å². The molecule has 2 saturated heterocycles. The van der Waals surface area contributed by atoms with Gasteiger partial charge in [-0.1, -0.05) is 30.3 Å². The second-order valence-electron chi connectivity index (χ2n) is 7.31. The standard InChI is InChI=1S/C20H32N4O2/c1-26-20(7-9-21-10-8-20)19(25)22-11-12-23-13-15-24(16-14-23)17-18-5-3-2-4-6-18/h2-6,21H,7-17H2,1H3,(H,22,25). The molecule has 1 aromatic rings. The summed E-state index contributed by atoms with van der Waals surface area (Å²) < 4.78 is 5.58. The lowest BCUT2D eigenvalue weighted by Crippen LogP contribution is -2.55. The SMILES string of the molecule is COC1(C(=O)NCCN2CCN(Cc3ccccc3)CC2)CCNCC1. The quantitative estimate of drug-likeness (QED) is 0.749. The molecule has 2 aliphatic rings. The van der Waals surface area contributed by atoms with Crippen molar-refractivity contribution in [1.82, 2.24) is 20.4 Å². The summed E-state index contributed by atoms with van der Waals surface area (Å²) in [4.78, 5) is 17.5. The maximum absolute atomic E-state index is 12.6. The Hall–Kier alpha value is -1.47. The van der Waals surface area contributed by atoms with Crippen LogP contribution < -0.4 is 10.6 Å². The third-order valence-corrected chi connectivity index (χ3v) is 5.64. The van der Waals surface area contributed by atoms with E-state index in [0.29, 0.717) is 6.54 Å². The van der Waals surface area contributed by atoms with Gasteiger partial charge in [-0.3, -0.25) is 14.6 Å². The summed E-state index contributed by atoms with van der Waals surface area (Å²) in [5.74, 6) is 0.0456. The first-order chi connectivity index (χ1) is 12.7. The molecule has 0 spiro atoms. The summed E-state index contributed by atoms with van der Waals surface area (Å²) in [7, 11) is 1.65. The second kappa shape index (κ2) is 9.46. The molecule has 26 heavy (non-hydrogen) atoms. The molecule has 0 bridgehead atoms. The Balaban J connectivity index is 1.35. The van der Waals surface area contributed by atoms with E-state index in [9.17, 15) is 4.79 Å². The fourth-order valence-electron chi connectivity index (χ4n) is 3.86. The minimum absolute atomic E-state index is 0.0456. The minimum atomic E-state index is -0.639. The van der Waals surface area contributed by atoms with E-state index in [0.717, 1.165) is 65.2 Å². The fraction of sp³-hybridized carbons (Fsp3) is 0.650. The van der Waals surface area contributed by atoms with Gasteiger partial charge in [-0.25, -0.2) is 0 Å². The van der Waals surface area contributed by atoms with Gasteiger partial charge in [-0.05, 0) is 31.5 Å². The smallest absolute Gasteiger partial charge is 0.252 e.